The lowest BCUT2D eigenvalue weighted by Crippen LogP contribution is -2.54. The minimum Gasteiger partial charge on any atom is -0.341 e. The summed E-state index contributed by atoms with van der Waals surface area (Å²) in [5.74, 6) is 0.985. The van der Waals surface area contributed by atoms with Gasteiger partial charge in [0.2, 0.25) is 0 Å². The summed E-state index contributed by atoms with van der Waals surface area (Å²) in [4.78, 5) is 24.4. The summed E-state index contributed by atoms with van der Waals surface area (Å²) in [5.41, 5.74) is 1.89. The molecule has 23 heavy (non-hydrogen) atoms. The number of para-hydroxylation sites is 2. The maximum Gasteiger partial charge on any atom is 0.317 e. The van der Waals surface area contributed by atoms with Crippen LogP contribution in [0.25, 0.3) is 11.0 Å². The number of imidazole rings is 1. The monoisotopic (exact) mass is 315 g/mol. The number of carbonyl (C=O) groups is 1. The van der Waals surface area contributed by atoms with Gasteiger partial charge in [-0.25, -0.2) is 9.78 Å². The molecule has 0 radical (unpaired) electrons. The number of hydrogen-bond acceptors (Lipinski definition) is 3. The zero-order valence-electron chi connectivity index (χ0n) is 14.1. The number of rotatable bonds is 2. The SMILES string of the molecule is CC(C)(C)NC(=O)N1CCN(Cc2nc3ccccc3[nH]2)CC1. The largest absolute Gasteiger partial charge is 0.341 e. The maximum atomic E-state index is 12.2. The summed E-state index contributed by atoms with van der Waals surface area (Å²) in [6.07, 6.45) is 0. The van der Waals surface area contributed by atoms with Crippen LogP contribution in [0.4, 0.5) is 4.79 Å². The Morgan fingerprint density at radius 2 is 1.91 bits per heavy atom. The van der Waals surface area contributed by atoms with E-state index in [1.165, 1.54) is 0 Å². The molecule has 0 atom stereocenters. The third-order valence-electron chi connectivity index (χ3n) is 3.95. The quantitative estimate of drug-likeness (QED) is 0.893. The van der Waals surface area contributed by atoms with E-state index in [-0.39, 0.29) is 11.6 Å². The molecule has 2 heterocycles. The Bertz CT molecular complexity index is 647. The van der Waals surface area contributed by atoms with Crippen LogP contribution in [0.2, 0.25) is 0 Å². The predicted octanol–water partition coefficient (Wildman–Crippen LogP) is 2.19. The topological polar surface area (TPSA) is 64.3 Å². The van der Waals surface area contributed by atoms with Crippen LogP contribution in [0, 0.1) is 0 Å². The van der Waals surface area contributed by atoms with Gasteiger partial charge in [-0.1, -0.05) is 12.1 Å². The van der Waals surface area contributed by atoms with Gasteiger partial charge in [-0.3, -0.25) is 4.90 Å². The fourth-order valence-corrected chi connectivity index (χ4v) is 2.80. The van der Waals surface area contributed by atoms with Crippen molar-refractivity contribution in [1.82, 2.24) is 25.1 Å². The van der Waals surface area contributed by atoms with Gasteiger partial charge in [-0.2, -0.15) is 0 Å². The smallest absolute Gasteiger partial charge is 0.317 e. The molecule has 0 aliphatic carbocycles. The van der Waals surface area contributed by atoms with Crippen LogP contribution in [0.15, 0.2) is 24.3 Å². The number of fused-ring (bicyclic) bond motifs is 1. The Kier molecular flexibility index (Phi) is 4.26. The Morgan fingerprint density at radius 3 is 2.57 bits per heavy atom. The van der Waals surface area contributed by atoms with E-state index in [2.05, 4.69) is 20.2 Å². The van der Waals surface area contributed by atoms with Crippen molar-refractivity contribution < 1.29 is 4.79 Å². The van der Waals surface area contributed by atoms with E-state index in [1.54, 1.807) is 0 Å². The molecule has 0 unspecified atom stereocenters. The third-order valence-corrected chi connectivity index (χ3v) is 3.95. The molecule has 0 spiro atoms. The highest BCUT2D eigenvalue weighted by atomic mass is 16.2. The van der Waals surface area contributed by atoms with Crippen LogP contribution in [-0.2, 0) is 6.54 Å². The normalized spacial score (nSPS) is 16.7. The van der Waals surface area contributed by atoms with Gasteiger partial charge < -0.3 is 15.2 Å². The molecule has 6 nitrogen and oxygen atoms in total. The zero-order chi connectivity index (χ0) is 16.4. The molecule has 1 saturated heterocycles. The molecule has 1 fully saturated rings. The summed E-state index contributed by atoms with van der Waals surface area (Å²) in [5, 5.41) is 3.02. The predicted molar refractivity (Wildman–Crippen MR) is 91.2 cm³/mol. The number of carbonyl (C=O) groups excluding carboxylic acids is 1. The summed E-state index contributed by atoms with van der Waals surface area (Å²) in [6.45, 7) is 10.0. The molecule has 2 aromatic rings. The lowest BCUT2D eigenvalue weighted by Gasteiger charge is -2.36. The third kappa shape index (κ3) is 4.01. The highest BCUT2D eigenvalue weighted by Crippen LogP contribution is 2.13. The van der Waals surface area contributed by atoms with Crippen molar-refractivity contribution in [3.8, 4) is 0 Å². The second kappa shape index (κ2) is 6.20. The van der Waals surface area contributed by atoms with Crippen LogP contribution in [-0.4, -0.2) is 57.5 Å². The standard InChI is InChI=1S/C17H25N5O/c1-17(2,3)20-16(23)22-10-8-21(9-11-22)12-15-18-13-6-4-5-7-14(13)19-15/h4-7H,8-12H2,1-3H3,(H,18,19)(H,20,23). The number of amides is 2. The van der Waals surface area contributed by atoms with Crippen molar-refractivity contribution in [1.29, 1.82) is 0 Å². The average molecular weight is 315 g/mol. The Labute approximate surface area is 136 Å². The number of hydrogen-bond donors (Lipinski definition) is 2. The fourth-order valence-electron chi connectivity index (χ4n) is 2.80. The van der Waals surface area contributed by atoms with Crippen LogP contribution in [0.3, 0.4) is 0 Å². The molecule has 1 aliphatic heterocycles. The van der Waals surface area contributed by atoms with Gasteiger partial charge in [0.25, 0.3) is 0 Å². The van der Waals surface area contributed by atoms with Crippen molar-refractivity contribution in [3.05, 3.63) is 30.1 Å². The van der Waals surface area contributed by atoms with Crippen LogP contribution < -0.4 is 5.32 Å². The molecule has 0 saturated carbocycles. The lowest BCUT2D eigenvalue weighted by atomic mass is 10.1. The molecule has 0 bridgehead atoms. The number of urea groups is 1. The van der Waals surface area contributed by atoms with E-state index >= 15 is 0 Å². The number of H-pyrrole nitrogens is 1. The Morgan fingerprint density at radius 1 is 1.22 bits per heavy atom. The van der Waals surface area contributed by atoms with Crippen molar-refractivity contribution in [3.63, 3.8) is 0 Å². The highest BCUT2D eigenvalue weighted by Gasteiger charge is 2.24. The van der Waals surface area contributed by atoms with E-state index in [0.717, 1.165) is 49.6 Å². The van der Waals surface area contributed by atoms with Gasteiger partial charge in [0.15, 0.2) is 0 Å². The van der Waals surface area contributed by atoms with Crippen molar-refractivity contribution in [2.45, 2.75) is 32.9 Å². The van der Waals surface area contributed by atoms with Gasteiger partial charge in [0.05, 0.1) is 17.6 Å². The molecular weight excluding hydrogens is 290 g/mol. The van der Waals surface area contributed by atoms with Crippen LogP contribution >= 0.6 is 0 Å². The first-order valence-electron chi connectivity index (χ1n) is 8.14. The van der Waals surface area contributed by atoms with Gasteiger partial charge >= 0.3 is 6.03 Å². The Balaban J connectivity index is 1.54. The first-order valence-corrected chi connectivity index (χ1v) is 8.14. The second-order valence-electron chi connectivity index (χ2n) is 7.14. The maximum absolute atomic E-state index is 12.2. The molecule has 2 N–H and O–H groups in total. The molecular formula is C17H25N5O. The summed E-state index contributed by atoms with van der Waals surface area (Å²) >= 11 is 0. The molecule has 124 valence electrons. The molecule has 2 amide bonds. The summed E-state index contributed by atoms with van der Waals surface area (Å²) in [7, 11) is 0. The first kappa shape index (κ1) is 15.8. The summed E-state index contributed by atoms with van der Waals surface area (Å²) < 4.78 is 0. The number of nitrogens with one attached hydrogen (secondary N) is 2. The van der Waals surface area contributed by atoms with Crippen LogP contribution in [0.1, 0.15) is 26.6 Å². The summed E-state index contributed by atoms with van der Waals surface area (Å²) in [6, 6.07) is 8.10. The van der Waals surface area contributed by atoms with Crippen molar-refractivity contribution >= 4 is 17.1 Å². The van der Waals surface area contributed by atoms with E-state index in [0.29, 0.717) is 0 Å². The molecule has 1 aromatic heterocycles. The van der Waals surface area contributed by atoms with E-state index in [9.17, 15) is 4.79 Å². The number of aromatic nitrogens is 2. The highest BCUT2D eigenvalue weighted by molar-refractivity contribution is 5.75. The molecule has 1 aromatic carbocycles. The van der Waals surface area contributed by atoms with Crippen LogP contribution in [0.5, 0.6) is 0 Å². The minimum atomic E-state index is -0.192. The lowest BCUT2D eigenvalue weighted by molar-refractivity contribution is 0.129. The molecule has 3 rings (SSSR count). The number of piperazine rings is 1. The van der Waals surface area contributed by atoms with Crippen molar-refractivity contribution in [2.24, 2.45) is 0 Å². The van der Waals surface area contributed by atoms with E-state index < -0.39 is 0 Å². The second-order valence-corrected chi connectivity index (χ2v) is 7.14. The van der Waals surface area contributed by atoms with Gasteiger partial charge in [-0.15, -0.1) is 0 Å². The van der Waals surface area contributed by atoms with E-state index in [1.807, 2.05) is 49.9 Å². The average Bonchev–Trinajstić information content (AvgIpc) is 2.88. The molecule has 1 aliphatic rings. The fraction of sp³-hybridized carbons (Fsp3) is 0.529. The Hall–Kier alpha value is -2.08. The van der Waals surface area contributed by atoms with E-state index in [4.69, 9.17) is 0 Å². The first-order chi connectivity index (χ1) is 10.9. The van der Waals surface area contributed by atoms with Crippen molar-refractivity contribution in [2.75, 3.05) is 26.2 Å². The number of aromatic amines is 1. The number of nitrogens with zero attached hydrogens (tertiary/aromatic N) is 3. The minimum absolute atomic E-state index is 0.0286. The number of benzene rings is 1. The van der Waals surface area contributed by atoms with Gasteiger partial charge in [0.1, 0.15) is 5.82 Å². The van der Waals surface area contributed by atoms with Gasteiger partial charge in [-0.05, 0) is 32.9 Å². The molecule has 6 heteroatoms. The zero-order valence-corrected chi connectivity index (χ0v) is 14.1. The van der Waals surface area contributed by atoms with Gasteiger partial charge in [0, 0.05) is 31.7 Å².